The van der Waals surface area contributed by atoms with Crippen LogP contribution in [-0.2, 0) is 4.79 Å². The fraction of sp³-hybridized carbons (Fsp3) is 0.273. The van der Waals surface area contributed by atoms with Crippen LogP contribution in [0.5, 0.6) is 0 Å². The largest absolute Gasteiger partial charge is 0.480 e. The molecule has 1 atom stereocenters. The van der Waals surface area contributed by atoms with Crippen LogP contribution < -0.4 is 5.32 Å². The van der Waals surface area contributed by atoms with Crippen LogP contribution in [0.2, 0.25) is 0 Å². The summed E-state index contributed by atoms with van der Waals surface area (Å²) in [5.74, 6) is -1.84. The number of carbonyl (C=O) groups excluding carboxylic acids is 1. The van der Waals surface area contributed by atoms with E-state index >= 15 is 0 Å². The molecule has 0 bridgehead atoms. The Morgan fingerprint density at radius 2 is 2.11 bits per heavy atom. The van der Waals surface area contributed by atoms with Gasteiger partial charge in [-0.15, -0.1) is 11.8 Å². The number of carbonyl (C=O) groups is 2. The summed E-state index contributed by atoms with van der Waals surface area (Å²) in [6, 6.07) is 2.95. The fourth-order valence-corrected chi connectivity index (χ4v) is 1.86. The van der Waals surface area contributed by atoms with Gasteiger partial charge in [0.05, 0.1) is 9.82 Å². The Bertz CT molecular complexity index is 532. The number of hydrogen-bond acceptors (Lipinski definition) is 5. The number of nitro benzene ring substituents is 1. The molecule has 19 heavy (non-hydrogen) atoms. The summed E-state index contributed by atoms with van der Waals surface area (Å²) in [6.45, 7) is 1.31. The second kappa shape index (κ2) is 6.19. The Balaban J connectivity index is 3.02. The van der Waals surface area contributed by atoms with Crippen molar-refractivity contribution in [1.82, 2.24) is 5.32 Å². The molecule has 8 heteroatoms. The summed E-state index contributed by atoms with van der Waals surface area (Å²) in [5.41, 5.74) is -0.124. The third-order valence-electron chi connectivity index (χ3n) is 2.36. The molecule has 0 aliphatic rings. The normalized spacial score (nSPS) is 11.7. The second-order valence-electron chi connectivity index (χ2n) is 3.68. The monoisotopic (exact) mass is 284 g/mol. The van der Waals surface area contributed by atoms with E-state index in [9.17, 15) is 19.7 Å². The number of nitrogens with zero attached hydrogens (tertiary/aromatic N) is 1. The van der Waals surface area contributed by atoms with Gasteiger partial charge in [0.25, 0.3) is 11.6 Å². The van der Waals surface area contributed by atoms with Crippen LogP contribution in [0, 0.1) is 10.1 Å². The Hall–Kier alpha value is -2.09. The minimum absolute atomic E-state index is 0.0533. The van der Waals surface area contributed by atoms with Crippen LogP contribution in [0.1, 0.15) is 17.3 Å². The number of carboxylic acids is 1. The first-order valence-electron chi connectivity index (χ1n) is 5.23. The van der Waals surface area contributed by atoms with Crippen LogP contribution in [0.4, 0.5) is 5.69 Å². The molecule has 1 aromatic rings. The minimum atomic E-state index is -1.18. The van der Waals surface area contributed by atoms with Gasteiger partial charge in [-0.2, -0.15) is 0 Å². The van der Waals surface area contributed by atoms with Crippen molar-refractivity contribution < 1.29 is 19.6 Å². The van der Waals surface area contributed by atoms with Gasteiger partial charge < -0.3 is 10.4 Å². The van der Waals surface area contributed by atoms with Gasteiger partial charge >= 0.3 is 5.97 Å². The van der Waals surface area contributed by atoms with Crippen molar-refractivity contribution in [2.75, 3.05) is 6.26 Å². The van der Waals surface area contributed by atoms with Gasteiger partial charge in [-0.05, 0) is 25.3 Å². The summed E-state index contributed by atoms with van der Waals surface area (Å²) in [7, 11) is 0. The first kappa shape index (κ1) is 15.0. The lowest BCUT2D eigenvalue weighted by Gasteiger charge is -2.09. The average Bonchev–Trinajstić information content (AvgIpc) is 2.37. The molecule has 1 aromatic carbocycles. The third-order valence-corrected chi connectivity index (χ3v) is 3.14. The maximum atomic E-state index is 11.7. The van der Waals surface area contributed by atoms with E-state index in [1.54, 1.807) is 6.26 Å². The Labute approximate surface area is 113 Å². The van der Waals surface area contributed by atoms with Crippen molar-refractivity contribution in [3.63, 3.8) is 0 Å². The van der Waals surface area contributed by atoms with E-state index in [2.05, 4.69) is 5.32 Å². The van der Waals surface area contributed by atoms with E-state index < -0.39 is 22.8 Å². The molecular formula is C11H12N2O5S. The molecule has 0 fully saturated rings. The zero-order valence-electron chi connectivity index (χ0n) is 10.2. The first-order chi connectivity index (χ1) is 8.86. The van der Waals surface area contributed by atoms with Crippen molar-refractivity contribution in [2.24, 2.45) is 0 Å². The SMILES string of the molecule is CSc1ccc(C(=O)N[C@H](C)C(=O)O)cc1[N+](=O)[O-]. The number of rotatable bonds is 5. The molecule has 1 rings (SSSR count). The van der Waals surface area contributed by atoms with Gasteiger partial charge in [-0.3, -0.25) is 19.7 Å². The van der Waals surface area contributed by atoms with Crippen LogP contribution in [0.15, 0.2) is 23.1 Å². The van der Waals surface area contributed by atoms with E-state index in [0.717, 1.165) is 6.07 Å². The highest BCUT2D eigenvalue weighted by atomic mass is 32.2. The van der Waals surface area contributed by atoms with Gasteiger partial charge in [0.15, 0.2) is 0 Å². The molecule has 7 nitrogen and oxygen atoms in total. The van der Waals surface area contributed by atoms with Crippen LogP contribution in [-0.4, -0.2) is 34.2 Å². The van der Waals surface area contributed by atoms with Crippen LogP contribution in [0.25, 0.3) is 0 Å². The zero-order chi connectivity index (χ0) is 14.6. The number of nitrogens with one attached hydrogen (secondary N) is 1. The van der Waals surface area contributed by atoms with Crippen molar-refractivity contribution in [1.29, 1.82) is 0 Å². The zero-order valence-corrected chi connectivity index (χ0v) is 11.1. The number of thioether (sulfide) groups is 1. The Kier molecular flexibility index (Phi) is 4.87. The van der Waals surface area contributed by atoms with E-state index in [-0.39, 0.29) is 11.3 Å². The molecule has 0 heterocycles. The van der Waals surface area contributed by atoms with Gasteiger partial charge in [-0.1, -0.05) is 0 Å². The molecule has 0 aliphatic carbocycles. The standard InChI is InChI=1S/C11H12N2O5S/c1-6(11(15)16)12-10(14)7-3-4-9(19-2)8(5-7)13(17)18/h3-6H,1-2H3,(H,12,14)(H,15,16)/t6-/m1/s1. The summed E-state index contributed by atoms with van der Waals surface area (Å²) in [4.78, 5) is 33.1. The predicted octanol–water partition coefficient (Wildman–Crippen LogP) is 1.52. The van der Waals surface area contributed by atoms with E-state index in [1.807, 2.05) is 0 Å². The molecule has 0 radical (unpaired) electrons. The average molecular weight is 284 g/mol. The number of aliphatic carboxylic acids is 1. The first-order valence-corrected chi connectivity index (χ1v) is 6.45. The van der Waals surface area contributed by atoms with Gasteiger partial charge in [0.2, 0.25) is 0 Å². The predicted molar refractivity (Wildman–Crippen MR) is 69.4 cm³/mol. The van der Waals surface area contributed by atoms with E-state index in [0.29, 0.717) is 4.90 Å². The summed E-state index contributed by atoms with van der Waals surface area (Å²) in [5, 5.41) is 21.8. The number of amides is 1. The molecule has 1 amide bonds. The van der Waals surface area contributed by atoms with E-state index in [4.69, 9.17) is 5.11 Å². The highest BCUT2D eigenvalue weighted by molar-refractivity contribution is 7.98. The Morgan fingerprint density at radius 1 is 1.47 bits per heavy atom. The molecule has 0 aromatic heterocycles. The molecule has 2 N–H and O–H groups in total. The number of nitro groups is 1. The van der Waals surface area contributed by atoms with Crippen molar-refractivity contribution in [3.05, 3.63) is 33.9 Å². The smallest absolute Gasteiger partial charge is 0.325 e. The summed E-state index contributed by atoms with van der Waals surface area (Å²) >= 11 is 1.20. The number of carboxylic acid groups (broad SMARTS) is 1. The van der Waals surface area contributed by atoms with Gasteiger partial charge in [0.1, 0.15) is 6.04 Å². The van der Waals surface area contributed by atoms with Crippen molar-refractivity contribution in [2.45, 2.75) is 17.9 Å². The summed E-state index contributed by atoms with van der Waals surface area (Å²) < 4.78 is 0. The van der Waals surface area contributed by atoms with Crippen LogP contribution >= 0.6 is 11.8 Å². The molecule has 0 saturated heterocycles. The molecular weight excluding hydrogens is 272 g/mol. The topological polar surface area (TPSA) is 110 Å². The van der Waals surface area contributed by atoms with Gasteiger partial charge in [0, 0.05) is 11.6 Å². The molecule has 0 unspecified atom stereocenters. The highest BCUT2D eigenvalue weighted by Crippen LogP contribution is 2.28. The molecule has 0 saturated carbocycles. The van der Waals surface area contributed by atoms with Crippen molar-refractivity contribution >= 4 is 29.3 Å². The quantitative estimate of drug-likeness (QED) is 0.482. The second-order valence-corrected chi connectivity index (χ2v) is 4.53. The van der Waals surface area contributed by atoms with Crippen LogP contribution in [0.3, 0.4) is 0 Å². The molecule has 0 spiro atoms. The lowest BCUT2D eigenvalue weighted by Crippen LogP contribution is -2.38. The molecule has 102 valence electrons. The Morgan fingerprint density at radius 3 is 2.58 bits per heavy atom. The summed E-state index contributed by atoms with van der Waals surface area (Å²) in [6.07, 6.45) is 1.69. The number of hydrogen-bond donors (Lipinski definition) is 2. The maximum absolute atomic E-state index is 11.7. The van der Waals surface area contributed by atoms with Gasteiger partial charge in [-0.25, -0.2) is 0 Å². The molecule has 0 aliphatic heterocycles. The lowest BCUT2D eigenvalue weighted by molar-refractivity contribution is -0.387. The minimum Gasteiger partial charge on any atom is -0.480 e. The fourth-order valence-electron chi connectivity index (χ4n) is 1.32. The number of benzene rings is 1. The van der Waals surface area contributed by atoms with E-state index in [1.165, 1.54) is 30.8 Å². The van der Waals surface area contributed by atoms with Crippen molar-refractivity contribution in [3.8, 4) is 0 Å². The third kappa shape index (κ3) is 3.68. The lowest BCUT2D eigenvalue weighted by atomic mass is 10.1. The maximum Gasteiger partial charge on any atom is 0.325 e. The highest BCUT2D eigenvalue weighted by Gasteiger charge is 2.19.